The van der Waals surface area contributed by atoms with Crippen LogP contribution in [-0.4, -0.2) is 92.5 Å². The maximum atomic E-state index is 12.7. The highest BCUT2D eigenvalue weighted by Gasteiger charge is 2.27. The van der Waals surface area contributed by atoms with Crippen molar-refractivity contribution in [1.82, 2.24) is 5.32 Å². The van der Waals surface area contributed by atoms with Gasteiger partial charge in [0, 0.05) is 25.8 Å². The average molecular weight is 870 g/mol. The van der Waals surface area contributed by atoms with E-state index in [2.05, 4.69) is 12.2 Å². The number of ether oxygens (including phenoxy) is 2. The molecule has 348 valence electrons. The number of hydrogen-bond acceptors (Lipinski definition) is 9. The summed E-state index contributed by atoms with van der Waals surface area (Å²) in [5.74, 6) is -0.538. The van der Waals surface area contributed by atoms with E-state index in [0.29, 0.717) is 43.3 Å². The van der Waals surface area contributed by atoms with Gasteiger partial charge in [-0.15, -0.1) is 0 Å². The third-order valence-electron chi connectivity index (χ3n) is 10.6. The molecule has 1 aromatic rings. The number of nitrogens with zero attached hydrogens (tertiary/aromatic N) is 1. The predicted octanol–water partition coefficient (Wildman–Crippen LogP) is 10.9. The summed E-state index contributed by atoms with van der Waals surface area (Å²) < 4.78 is 34.3. The molecule has 13 heteroatoms. The number of esters is 2. The van der Waals surface area contributed by atoms with Gasteiger partial charge in [-0.2, -0.15) is 0 Å². The molecule has 0 bridgehead atoms. The first-order chi connectivity index (χ1) is 28.8. The Bertz CT molecular complexity index is 1270. The molecule has 0 aliphatic heterocycles. The molecule has 2 atom stereocenters. The Labute approximate surface area is 364 Å². The highest BCUT2D eigenvalue weighted by molar-refractivity contribution is 7.47. The number of carbonyl (C=O) groups excluding carboxylic acids is 3. The Hall–Kier alpha value is -2.50. The van der Waals surface area contributed by atoms with Crippen LogP contribution in [0, 0.1) is 0 Å². The maximum absolute atomic E-state index is 12.7. The molecule has 0 saturated heterocycles. The fraction of sp³-hybridized carbons (Fsp3) is 0.809. The number of phosphoric ester groups is 1. The number of rotatable bonds is 41. The van der Waals surface area contributed by atoms with E-state index in [-0.39, 0.29) is 37.7 Å². The highest BCUT2D eigenvalue weighted by atomic mass is 31.2. The van der Waals surface area contributed by atoms with Gasteiger partial charge in [0.1, 0.15) is 25.5 Å². The van der Waals surface area contributed by atoms with Crippen molar-refractivity contribution in [2.24, 2.45) is 0 Å². The summed E-state index contributed by atoms with van der Waals surface area (Å²) in [6, 6.07) is 6.97. The molecular formula is C47H86N2O10P+. The van der Waals surface area contributed by atoms with Gasteiger partial charge in [-0.1, -0.05) is 154 Å². The Morgan fingerprint density at radius 1 is 0.633 bits per heavy atom. The average Bonchev–Trinajstić information content (AvgIpc) is 3.20. The van der Waals surface area contributed by atoms with Crippen molar-refractivity contribution >= 4 is 25.7 Å². The lowest BCUT2D eigenvalue weighted by atomic mass is 10.0. The Kier molecular flexibility index (Phi) is 33.3. The number of phenols is 1. The molecule has 1 amide bonds. The zero-order chi connectivity index (χ0) is 44.2. The first kappa shape index (κ1) is 55.5. The molecule has 0 radical (unpaired) electrons. The molecule has 0 heterocycles. The largest absolute Gasteiger partial charge is 0.508 e. The van der Waals surface area contributed by atoms with Crippen LogP contribution in [0.5, 0.6) is 5.75 Å². The minimum Gasteiger partial charge on any atom is -0.508 e. The van der Waals surface area contributed by atoms with E-state index < -0.39 is 32.5 Å². The van der Waals surface area contributed by atoms with Gasteiger partial charge in [0.25, 0.3) is 0 Å². The number of quaternary nitrogens is 1. The standard InChI is InChI=1S/C47H85N2O10P/c1-5-6-7-8-9-10-11-12-14-18-21-24-27-30-47(53)59-44(41-58-60(54,55)57-39-38-49(2,3)4)40-56-46(52)29-26-23-20-17-15-13-16-19-22-25-28-37-48-45(51)36-33-42-31-34-43(50)35-32-42/h31-32,34-35,44H,5-30,33,36-41H2,1-4H3,(H2-,48,50,51,54,55)/p+1/t44-/m1/s1. The summed E-state index contributed by atoms with van der Waals surface area (Å²) in [7, 11) is 1.43. The zero-order valence-corrected chi connectivity index (χ0v) is 39.2. The first-order valence-corrected chi connectivity index (χ1v) is 25.1. The van der Waals surface area contributed by atoms with Gasteiger partial charge in [-0.25, -0.2) is 4.57 Å². The molecule has 60 heavy (non-hydrogen) atoms. The number of phenolic OH excluding ortho intramolecular Hbond substituents is 1. The van der Waals surface area contributed by atoms with Crippen LogP contribution in [0.25, 0.3) is 0 Å². The lowest BCUT2D eigenvalue weighted by molar-refractivity contribution is -0.870. The third-order valence-corrected chi connectivity index (χ3v) is 11.6. The van der Waals surface area contributed by atoms with Gasteiger partial charge in [0.15, 0.2) is 6.10 Å². The fourth-order valence-corrected chi connectivity index (χ4v) is 7.51. The Balaban J connectivity index is 2.20. The lowest BCUT2D eigenvalue weighted by Gasteiger charge is -2.24. The van der Waals surface area contributed by atoms with Crippen LogP contribution in [0.3, 0.4) is 0 Å². The van der Waals surface area contributed by atoms with Crippen molar-refractivity contribution in [2.45, 2.75) is 193 Å². The van der Waals surface area contributed by atoms with Crippen LogP contribution in [0.4, 0.5) is 0 Å². The van der Waals surface area contributed by atoms with E-state index in [9.17, 15) is 28.9 Å². The number of carbonyl (C=O) groups is 3. The topological polar surface area (TPSA) is 158 Å². The summed E-state index contributed by atoms with van der Waals surface area (Å²) in [4.78, 5) is 47.5. The van der Waals surface area contributed by atoms with Gasteiger partial charge in [-0.3, -0.25) is 23.4 Å². The van der Waals surface area contributed by atoms with Crippen LogP contribution in [-0.2, 0) is 43.9 Å². The second-order valence-electron chi connectivity index (χ2n) is 17.6. The maximum Gasteiger partial charge on any atom is 0.472 e. The third kappa shape index (κ3) is 36.2. The number of nitrogens with one attached hydrogen (secondary N) is 1. The SMILES string of the molecule is CCCCCCCCCCCCCCCC(=O)O[C@H](COC(=O)CCCCCCCCCCCCCNC(=O)CCc1ccc(O)cc1)COP(=O)(O)OCC[N+](C)(C)C. The van der Waals surface area contributed by atoms with Crippen molar-refractivity contribution in [2.75, 3.05) is 54.1 Å². The van der Waals surface area contributed by atoms with Crippen molar-refractivity contribution < 1.29 is 52.0 Å². The first-order valence-electron chi connectivity index (χ1n) is 23.6. The van der Waals surface area contributed by atoms with Crippen molar-refractivity contribution in [1.29, 1.82) is 0 Å². The zero-order valence-electron chi connectivity index (χ0n) is 38.3. The van der Waals surface area contributed by atoms with Gasteiger partial charge in [0.05, 0.1) is 27.7 Å². The number of aromatic hydroxyl groups is 1. The monoisotopic (exact) mass is 870 g/mol. The number of likely N-dealkylation sites (N-methyl/N-ethyl adjacent to an activating group) is 1. The predicted molar refractivity (Wildman–Crippen MR) is 241 cm³/mol. The Morgan fingerprint density at radius 2 is 1.10 bits per heavy atom. The number of hydrogen-bond donors (Lipinski definition) is 3. The quantitative estimate of drug-likeness (QED) is 0.0250. The fourth-order valence-electron chi connectivity index (χ4n) is 6.77. The summed E-state index contributed by atoms with van der Waals surface area (Å²) >= 11 is 0. The minimum atomic E-state index is -4.39. The van der Waals surface area contributed by atoms with Crippen LogP contribution in [0.2, 0.25) is 0 Å². The molecule has 0 aliphatic carbocycles. The summed E-state index contributed by atoms with van der Waals surface area (Å²) in [6.45, 7) is 2.81. The van der Waals surface area contributed by atoms with Gasteiger partial charge >= 0.3 is 19.8 Å². The highest BCUT2D eigenvalue weighted by Crippen LogP contribution is 2.43. The van der Waals surface area contributed by atoms with Crippen molar-refractivity contribution in [3.63, 3.8) is 0 Å². The van der Waals surface area contributed by atoms with Crippen LogP contribution >= 0.6 is 7.82 Å². The molecule has 0 aromatic heterocycles. The molecule has 0 saturated carbocycles. The minimum absolute atomic E-state index is 0.0189. The molecule has 0 fully saturated rings. The molecule has 0 spiro atoms. The summed E-state index contributed by atoms with van der Waals surface area (Å²) in [5.41, 5.74) is 1.04. The van der Waals surface area contributed by atoms with Gasteiger partial charge < -0.3 is 29.3 Å². The van der Waals surface area contributed by atoms with E-state index in [0.717, 1.165) is 56.9 Å². The molecule has 3 N–H and O–H groups in total. The Morgan fingerprint density at radius 3 is 1.60 bits per heavy atom. The van der Waals surface area contributed by atoms with E-state index in [1.54, 1.807) is 12.1 Å². The second-order valence-corrected chi connectivity index (χ2v) is 19.0. The van der Waals surface area contributed by atoms with E-state index in [4.69, 9.17) is 18.5 Å². The summed E-state index contributed by atoms with van der Waals surface area (Å²) in [5, 5.41) is 12.4. The number of unbranched alkanes of at least 4 members (excludes halogenated alkanes) is 22. The van der Waals surface area contributed by atoms with Gasteiger partial charge in [0.2, 0.25) is 5.91 Å². The molecule has 1 unspecified atom stereocenters. The summed E-state index contributed by atoms with van der Waals surface area (Å²) in [6.07, 6.45) is 28.1. The van der Waals surface area contributed by atoms with Crippen LogP contribution in [0.1, 0.15) is 186 Å². The second kappa shape index (κ2) is 36.0. The van der Waals surface area contributed by atoms with Crippen LogP contribution in [0.15, 0.2) is 24.3 Å². The van der Waals surface area contributed by atoms with Crippen molar-refractivity contribution in [3.8, 4) is 5.75 Å². The molecule has 1 aromatic carbocycles. The van der Waals surface area contributed by atoms with E-state index in [1.165, 1.54) is 89.9 Å². The lowest BCUT2D eigenvalue weighted by Crippen LogP contribution is -2.37. The normalized spacial score (nSPS) is 13.2. The number of aryl methyl sites for hydroxylation is 1. The van der Waals surface area contributed by atoms with Crippen LogP contribution < -0.4 is 5.32 Å². The molecule has 12 nitrogen and oxygen atoms in total. The van der Waals surface area contributed by atoms with Gasteiger partial charge in [-0.05, 0) is 43.4 Å². The number of benzene rings is 1. The molecular weight excluding hydrogens is 783 g/mol. The van der Waals surface area contributed by atoms with E-state index in [1.807, 2.05) is 33.3 Å². The van der Waals surface area contributed by atoms with E-state index >= 15 is 0 Å². The molecule has 1 rings (SSSR count). The smallest absolute Gasteiger partial charge is 0.472 e. The number of phosphoric acid groups is 1. The molecule has 0 aliphatic rings. The van der Waals surface area contributed by atoms with Crippen molar-refractivity contribution in [3.05, 3.63) is 29.8 Å². The number of amides is 1.